The fourth-order valence-electron chi connectivity index (χ4n) is 3.73. The summed E-state index contributed by atoms with van der Waals surface area (Å²) in [6.07, 6.45) is 0. The fourth-order valence-corrected chi connectivity index (χ4v) is 5.04. The highest BCUT2D eigenvalue weighted by molar-refractivity contribution is 7.91. The zero-order chi connectivity index (χ0) is 21.5. The Morgan fingerprint density at radius 2 is 1.73 bits per heavy atom. The number of urea groups is 1. The second kappa shape index (κ2) is 7.77. The lowest BCUT2D eigenvalue weighted by Crippen LogP contribution is -2.53. The van der Waals surface area contributed by atoms with E-state index in [1.807, 2.05) is 0 Å². The van der Waals surface area contributed by atoms with Crippen molar-refractivity contribution in [3.63, 3.8) is 0 Å². The lowest BCUT2D eigenvalue weighted by atomic mass is 10.2. The van der Waals surface area contributed by atoms with Gasteiger partial charge in [0.25, 0.3) is 5.91 Å². The molecule has 4 rings (SSSR count). The number of benzene rings is 2. The molecule has 7 nitrogen and oxygen atoms in total. The third-order valence-electron chi connectivity index (χ3n) is 5.34. The normalized spacial score (nSPS) is 20.0. The summed E-state index contributed by atoms with van der Waals surface area (Å²) in [4.78, 5) is 29.6. The van der Waals surface area contributed by atoms with Crippen molar-refractivity contribution in [1.29, 1.82) is 0 Å². The molecule has 0 spiro atoms. The summed E-state index contributed by atoms with van der Waals surface area (Å²) >= 11 is 0. The van der Waals surface area contributed by atoms with Crippen LogP contribution in [0.25, 0.3) is 0 Å². The zero-order valence-electron chi connectivity index (χ0n) is 15.9. The van der Waals surface area contributed by atoms with E-state index in [0.717, 1.165) is 17.0 Å². The molecule has 2 aromatic carbocycles. The van der Waals surface area contributed by atoms with E-state index in [9.17, 15) is 26.8 Å². The van der Waals surface area contributed by atoms with Crippen LogP contribution in [0.15, 0.2) is 53.4 Å². The summed E-state index contributed by atoms with van der Waals surface area (Å²) < 4.78 is 52.3. The summed E-state index contributed by atoms with van der Waals surface area (Å²) in [5, 5.41) is 0. The molecule has 2 aliphatic rings. The van der Waals surface area contributed by atoms with Crippen LogP contribution in [0.4, 0.5) is 19.3 Å². The molecule has 2 fully saturated rings. The molecule has 2 aromatic rings. The van der Waals surface area contributed by atoms with Crippen molar-refractivity contribution in [2.75, 3.05) is 36.8 Å². The van der Waals surface area contributed by atoms with Gasteiger partial charge in [0, 0.05) is 32.2 Å². The highest BCUT2D eigenvalue weighted by Crippen LogP contribution is 2.29. The molecular formula is C20H19F2N3O4S. The first-order valence-electron chi connectivity index (χ1n) is 9.38. The van der Waals surface area contributed by atoms with Crippen LogP contribution in [0.2, 0.25) is 0 Å². The van der Waals surface area contributed by atoms with Crippen molar-refractivity contribution in [2.24, 2.45) is 0 Å². The Labute approximate surface area is 172 Å². The molecule has 10 heteroatoms. The van der Waals surface area contributed by atoms with Crippen molar-refractivity contribution in [2.45, 2.75) is 10.9 Å². The summed E-state index contributed by atoms with van der Waals surface area (Å²) in [6.45, 7) is 0.946. The van der Waals surface area contributed by atoms with Crippen LogP contribution >= 0.6 is 0 Å². The first kappa shape index (κ1) is 20.4. The molecule has 2 saturated heterocycles. The Balaban J connectivity index is 1.46. The summed E-state index contributed by atoms with van der Waals surface area (Å²) in [5.41, 5.74) is -0.293. The molecule has 0 aromatic heterocycles. The smallest absolute Gasteiger partial charge is 0.309 e. The van der Waals surface area contributed by atoms with E-state index in [4.69, 9.17) is 0 Å². The number of carbonyl (C=O) groups is 2. The molecule has 2 aliphatic heterocycles. The molecule has 30 heavy (non-hydrogen) atoms. The predicted octanol–water partition coefficient (Wildman–Crippen LogP) is 1.89. The van der Waals surface area contributed by atoms with Gasteiger partial charge in [0.05, 0.1) is 16.3 Å². The molecular weight excluding hydrogens is 416 g/mol. The van der Waals surface area contributed by atoms with Gasteiger partial charge in [-0.1, -0.05) is 18.2 Å². The number of fused-ring (bicyclic) bond motifs is 1. The number of piperazine rings is 1. The molecule has 2 heterocycles. The minimum Gasteiger partial charge on any atom is -0.309 e. The van der Waals surface area contributed by atoms with Crippen LogP contribution in [-0.4, -0.2) is 68.1 Å². The minimum absolute atomic E-state index is 0.123. The molecule has 0 aliphatic carbocycles. The number of anilines is 1. The Morgan fingerprint density at radius 3 is 2.43 bits per heavy atom. The quantitative estimate of drug-likeness (QED) is 0.671. The van der Waals surface area contributed by atoms with Crippen LogP contribution in [-0.2, 0) is 14.6 Å². The van der Waals surface area contributed by atoms with E-state index in [1.165, 1.54) is 17.0 Å². The van der Waals surface area contributed by atoms with Crippen molar-refractivity contribution < 1.29 is 26.8 Å². The van der Waals surface area contributed by atoms with Crippen molar-refractivity contribution in [3.8, 4) is 0 Å². The highest BCUT2D eigenvalue weighted by atomic mass is 32.2. The summed E-state index contributed by atoms with van der Waals surface area (Å²) in [7, 11) is -3.47. The van der Waals surface area contributed by atoms with E-state index in [2.05, 4.69) is 0 Å². The van der Waals surface area contributed by atoms with Crippen molar-refractivity contribution in [1.82, 2.24) is 9.80 Å². The molecule has 158 valence electrons. The van der Waals surface area contributed by atoms with Crippen molar-refractivity contribution >= 4 is 27.5 Å². The number of carbonyl (C=O) groups excluding carboxylic acids is 2. The second-order valence-electron chi connectivity index (χ2n) is 7.19. The van der Waals surface area contributed by atoms with Gasteiger partial charge in [0.1, 0.15) is 17.7 Å². The lowest BCUT2D eigenvalue weighted by molar-refractivity contribution is -0.121. The third kappa shape index (κ3) is 3.68. The molecule has 0 radical (unpaired) electrons. The number of amides is 3. The van der Waals surface area contributed by atoms with Gasteiger partial charge in [-0.15, -0.1) is 0 Å². The average Bonchev–Trinajstić information content (AvgIpc) is 2.97. The lowest BCUT2D eigenvalue weighted by Gasteiger charge is -2.35. The van der Waals surface area contributed by atoms with E-state index in [-0.39, 0.29) is 36.0 Å². The molecule has 1 atom stereocenters. The number of sulfone groups is 1. The van der Waals surface area contributed by atoms with Gasteiger partial charge < -0.3 is 4.90 Å². The SMILES string of the molecule is O=C1C2CN(CCS(=O)(=O)c3ccccc3)CCN2C(=O)N1c1ccc(F)cc1F. The largest absolute Gasteiger partial charge is 0.332 e. The number of nitrogens with zero attached hydrogens (tertiary/aromatic N) is 3. The topological polar surface area (TPSA) is 78.0 Å². The van der Waals surface area contributed by atoms with Crippen LogP contribution in [0.1, 0.15) is 0 Å². The first-order chi connectivity index (χ1) is 14.3. The molecule has 3 amide bonds. The van der Waals surface area contributed by atoms with E-state index >= 15 is 0 Å². The highest BCUT2D eigenvalue weighted by Gasteiger charge is 2.49. The standard InChI is InChI=1S/C20H19F2N3O4S/c21-14-6-7-17(16(22)12-14)25-19(26)18-13-23(8-9-24(18)20(25)27)10-11-30(28,29)15-4-2-1-3-5-15/h1-7,12,18H,8-11,13H2. The Kier molecular flexibility index (Phi) is 5.29. The number of hydrogen-bond acceptors (Lipinski definition) is 5. The summed E-state index contributed by atoms with van der Waals surface area (Å²) in [6, 6.07) is 9.26. The second-order valence-corrected chi connectivity index (χ2v) is 9.30. The number of rotatable bonds is 5. The first-order valence-corrected chi connectivity index (χ1v) is 11.0. The predicted molar refractivity (Wildman–Crippen MR) is 105 cm³/mol. The van der Waals surface area contributed by atoms with E-state index in [0.29, 0.717) is 12.6 Å². The van der Waals surface area contributed by atoms with Gasteiger partial charge >= 0.3 is 6.03 Å². The monoisotopic (exact) mass is 435 g/mol. The van der Waals surface area contributed by atoms with Crippen LogP contribution in [0, 0.1) is 11.6 Å². The van der Waals surface area contributed by atoms with Crippen LogP contribution in [0.5, 0.6) is 0 Å². The van der Waals surface area contributed by atoms with Gasteiger partial charge in [0.2, 0.25) is 0 Å². The molecule has 1 unspecified atom stereocenters. The van der Waals surface area contributed by atoms with Crippen molar-refractivity contribution in [3.05, 3.63) is 60.2 Å². The van der Waals surface area contributed by atoms with Gasteiger partial charge in [-0.2, -0.15) is 0 Å². The number of halogens is 2. The van der Waals surface area contributed by atoms with E-state index < -0.39 is 39.5 Å². The number of hydrogen-bond donors (Lipinski definition) is 0. The zero-order valence-corrected chi connectivity index (χ0v) is 16.7. The third-order valence-corrected chi connectivity index (χ3v) is 7.05. The minimum atomic E-state index is -3.47. The maximum atomic E-state index is 14.1. The maximum Gasteiger partial charge on any atom is 0.332 e. The Hall–Kier alpha value is -2.85. The van der Waals surface area contributed by atoms with Gasteiger partial charge in [-0.25, -0.2) is 26.9 Å². The Bertz CT molecular complexity index is 1090. The maximum absolute atomic E-state index is 14.1. The average molecular weight is 435 g/mol. The van der Waals surface area contributed by atoms with Gasteiger partial charge in [-0.05, 0) is 24.3 Å². The summed E-state index contributed by atoms with van der Waals surface area (Å²) in [5.74, 6) is -2.54. The molecule has 0 N–H and O–H groups in total. The molecule has 0 bridgehead atoms. The van der Waals surface area contributed by atoms with Gasteiger partial charge in [-0.3, -0.25) is 9.69 Å². The van der Waals surface area contributed by atoms with E-state index in [1.54, 1.807) is 23.1 Å². The molecule has 0 saturated carbocycles. The van der Waals surface area contributed by atoms with Crippen LogP contribution in [0.3, 0.4) is 0 Å². The van der Waals surface area contributed by atoms with Gasteiger partial charge in [0.15, 0.2) is 9.84 Å². The number of imide groups is 1. The Morgan fingerprint density at radius 1 is 1.00 bits per heavy atom. The fraction of sp³-hybridized carbons (Fsp3) is 0.300. The van der Waals surface area contributed by atoms with Crippen LogP contribution < -0.4 is 4.90 Å².